The van der Waals surface area contributed by atoms with Gasteiger partial charge < -0.3 is 25.3 Å². The highest BCUT2D eigenvalue weighted by molar-refractivity contribution is 5.92. The molecule has 0 atom stereocenters. The molecule has 0 radical (unpaired) electrons. The molecule has 0 aliphatic heterocycles. The summed E-state index contributed by atoms with van der Waals surface area (Å²) in [5.41, 5.74) is 6.88. The highest BCUT2D eigenvalue weighted by Gasteiger charge is 2.07. The lowest BCUT2D eigenvalue weighted by Crippen LogP contribution is -2.13. The first-order valence-electron chi connectivity index (χ1n) is 6.97. The Balaban J connectivity index is 2.25. The van der Waals surface area contributed by atoms with Crippen LogP contribution in [0.1, 0.15) is 19.3 Å². The van der Waals surface area contributed by atoms with Crippen molar-refractivity contribution < 1.29 is 19.0 Å². The topological polar surface area (TPSA) is 82.8 Å². The highest BCUT2D eigenvalue weighted by Crippen LogP contribution is 2.26. The van der Waals surface area contributed by atoms with E-state index >= 15 is 0 Å². The van der Waals surface area contributed by atoms with Gasteiger partial charge in [-0.3, -0.25) is 4.79 Å². The Bertz CT molecular complexity index is 438. The van der Waals surface area contributed by atoms with Crippen LogP contribution in [0.4, 0.5) is 11.4 Å². The number of anilines is 2. The number of methoxy groups -OCH3 is 2. The summed E-state index contributed by atoms with van der Waals surface area (Å²) >= 11 is 0. The maximum atomic E-state index is 11.8. The quantitative estimate of drug-likeness (QED) is 0.510. The Morgan fingerprint density at radius 1 is 1.19 bits per heavy atom. The van der Waals surface area contributed by atoms with Gasteiger partial charge in [-0.2, -0.15) is 0 Å². The number of rotatable bonds is 10. The lowest BCUT2D eigenvalue weighted by atomic mass is 10.2. The van der Waals surface area contributed by atoms with Gasteiger partial charge in [0.05, 0.1) is 12.8 Å². The third-order valence-electron chi connectivity index (χ3n) is 2.83. The highest BCUT2D eigenvalue weighted by atomic mass is 16.5. The maximum Gasteiger partial charge on any atom is 0.224 e. The number of carbonyl (C=O) groups excluding carboxylic acids is 1. The number of nitrogens with one attached hydrogen (secondary N) is 1. The second-order valence-corrected chi connectivity index (χ2v) is 4.57. The molecule has 0 heterocycles. The number of amides is 1. The Labute approximate surface area is 125 Å². The van der Waals surface area contributed by atoms with Crippen LogP contribution in [0, 0.1) is 0 Å². The van der Waals surface area contributed by atoms with Gasteiger partial charge in [-0.05, 0) is 25.0 Å². The van der Waals surface area contributed by atoms with Crippen LogP contribution < -0.4 is 15.8 Å². The summed E-state index contributed by atoms with van der Waals surface area (Å²) < 4.78 is 15.5. The average Bonchev–Trinajstić information content (AvgIpc) is 2.48. The normalized spacial score (nSPS) is 10.4. The summed E-state index contributed by atoms with van der Waals surface area (Å²) in [6.07, 6.45) is 1.94. The molecule has 0 fully saturated rings. The maximum absolute atomic E-state index is 11.8. The zero-order valence-electron chi connectivity index (χ0n) is 12.7. The zero-order valence-corrected chi connectivity index (χ0v) is 12.7. The van der Waals surface area contributed by atoms with E-state index in [9.17, 15) is 4.79 Å². The first-order valence-corrected chi connectivity index (χ1v) is 6.97. The van der Waals surface area contributed by atoms with Gasteiger partial charge in [0.25, 0.3) is 0 Å². The molecule has 118 valence electrons. The predicted octanol–water partition coefficient (Wildman–Crippen LogP) is 2.05. The zero-order chi connectivity index (χ0) is 15.5. The Hall–Kier alpha value is -1.79. The molecule has 6 nitrogen and oxygen atoms in total. The Morgan fingerprint density at radius 3 is 2.67 bits per heavy atom. The molecule has 0 bridgehead atoms. The van der Waals surface area contributed by atoms with E-state index < -0.39 is 0 Å². The molecule has 6 heteroatoms. The van der Waals surface area contributed by atoms with Gasteiger partial charge in [0.1, 0.15) is 5.75 Å². The summed E-state index contributed by atoms with van der Waals surface area (Å²) in [7, 11) is 3.20. The van der Waals surface area contributed by atoms with Crippen LogP contribution in [-0.2, 0) is 14.3 Å². The molecule has 0 saturated carbocycles. The average molecular weight is 296 g/mol. The number of hydrogen-bond acceptors (Lipinski definition) is 5. The largest absolute Gasteiger partial charge is 0.494 e. The molecule has 1 rings (SSSR count). The van der Waals surface area contributed by atoms with Gasteiger partial charge in [-0.15, -0.1) is 0 Å². The third-order valence-corrected chi connectivity index (χ3v) is 2.83. The van der Waals surface area contributed by atoms with Gasteiger partial charge >= 0.3 is 0 Å². The van der Waals surface area contributed by atoms with Crippen LogP contribution in [-0.4, -0.2) is 39.9 Å². The van der Waals surface area contributed by atoms with E-state index in [1.54, 1.807) is 25.3 Å². The number of hydrogen-bond donors (Lipinski definition) is 2. The molecule has 0 unspecified atom stereocenters. The summed E-state index contributed by atoms with van der Waals surface area (Å²) in [5, 5.41) is 2.80. The Morgan fingerprint density at radius 2 is 1.95 bits per heavy atom. The number of carbonyl (C=O) groups is 1. The van der Waals surface area contributed by atoms with Crippen LogP contribution in [0.15, 0.2) is 18.2 Å². The lowest BCUT2D eigenvalue weighted by Gasteiger charge is -2.11. The SMILES string of the molecule is COCCCOCCCC(=O)Nc1ccc(N)cc1OC. The fraction of sp³-hybridized carbons (Fsp3) is 0.533. The summed E-state index contributed by atoms with van der Waals surface area (Å²) in [6.45, 7) is 1.91. The minimum absolute atomic E-state index is 0.0708. The minimum atomic E-state index is -0.0708. The first-order chi connectivity index (χ1) is 10.2. The van der Waals surface area contributed by atoms with Gasteiger partial charge in [-0.1, -0.05) is 0 Å². The molecule has 1 amide bonds. The van der Waals surface area contributed by atoms with Crippen molar-refractivity contribution in [3.63, 3.8) is 0 Å². The van der Waals surface area contributed by atoms with Crippen LogP contribution in [0.25, 0.3) is 0 Å². The molecule has 1 aromatic rings. The number of nitrogen functional groups attached to an aromatic ring is 1. The molecule has 0 aliphatic rings. The van der Waals surface area contributed by atoms with E-state index in [2.05, 4.69) is 5.32 Å². The summed E-state index contributed by atoms with van der Waals surface area (Å²) in [4.78, 5) is 11.8. The fourth-order valence-corrected chi connectivity index (χ4v) is 1.77. The minimum Gasteiger partial charge on any atom is -0.494 e. The molecular formula is C15H24N2O4. The molecule has 0 aromatic heterocycles. The van der Waals surface area contributed by atoms with Crippen LogP contribution >= 0.6 is 0 Å². The molecular weight excluding hydrogens is 272 g/mol. The van der Waals surface area contributed by atoms with Crippen molar-refractivity contribution in [3.05, 3.63) is 18.2 Å². The first kappa shape index (κ1) is 17.3. The van der Waals surface area contributed by atoms with Crippen molar-refractivity contribution >= 4 is 17.3 Å². The van der Waals surface area contributed by atoms with Gasteiger partial charge in [-0.25, -0.2) is 0 Å². The van der Waals surface area contributed by atoms with E-state index in [-0.39, 0.29) is 5.91 Å². The van der Waals surface area contributed by atoms with E-state index in [0.717, 1.165) is 6.42 Å². The molecule has 21 heavy (non-hydrogen) atoms. The molecule has 0 aliphatic carbocycles. The molecule has 0 saturated heterocycles. The van der Waals surface area contributed by atoms with Crippen LogP contribution in [0.5, 0.6) is 5.75 Å². The second-order valence-electron chi connectivity index (χ2n) is 4.57. The van der Waals surface area contributed by atoms with Crippen molar-refractivity contribution in [1.29, 1.82) is 0 Å². The number of ether oxygens (including phenoxy) is 3. The van der Waals surface area contributed by atoms with E-state index in [0.29, 0.717) is 49.8 Å². The third kappa shape index (κ3) is 6.97. The lowest BCUT2D eigenvalue weighted by molar-refractivity contribution is -0.116. The van der Waals surface area contributed by atoms with Crippen molar-refractivity contribution in [1.82, 2.24) is 0 Å². The molecule has 3 N–H and O–H groups in total. The fourth-order valence-electron chi connectivity index (χ4n) is 1.77. The number of benzene rings is 1. The predicted molar refractivity (Wildman–Crippen MR) is 82.6 cm³/mol. The van der Waals surface area contributed by atoms with Gasteiger partial charge in [0, 0.05) is 45.1 Å². The van der Waals surface area contributed by atoms with Crippen LogP contribution in [0.2, 0.25) is 0 Å². The van der Waals surface area contributed by atoms with Crippen molar-refractivity contribution in [2.45, 2.75) is 19.3 Å². The summed E-state index contributed by atoms with van der Waals surface area (Å²) in [6, 6.07) is 5.12. The standard InChI is InChI=1S/C15H24N2O4/c1-19-8-4-10-21-9-3-5-15(18)17-13-7-6-12(16)11-14(13)20-2/h6-7,11H,3-5,8-10,16H2,1-2H3,(H,17,18). The van der Waals surface area contributed by atoms with Crippen molar-refractivity contribution in [2.75, 3.05) is 45.1 Å². The molecule has 1 aromatic carbocycles. The Kier molecular flexibility index (Phi) is 8.23. The molecule has 0 spiro atoms. The summed E-state index contributed by atoms with van der Waals surface area (Å²) in [5.74, 6) is 0.484. The van der Waals surface area contributed by atoms with E-state index in [1.807, 2.05) is 0 Å². The van der Waals surface area contributed by atoms with Crippen molar-refractivity contribution in [2.24, 2.45) is 0 Å². The van der Waals surface area contributed by atoms with Crippen LogP contribution in [0.3, 0.4) is 0 Å². The monoisotopic (exact) mass is 296 g/mol. The smallest absolute Gasteiger partial charge is 0.224 e. The second kappa shape index (κ2) is 10.0. The van der Waals surface area contributed by atoms with Crippen molar-refractivity contribution in [3.8, 4) is 5.75 Å². The number of nitrogens with two attached hydrogens (primary N) is 1. The van der Waals surface area contributed by atoms with Gasteiger partial charge in [0.2, 0.25) is 5.91 Å². The van der Waals surface area contributed by atoms with E-state index in [4.69, 9.17) is 19.9 Å². The van der Waals surface area contributed by atoms with E-state index in [1.165, 1.54) is 7.11 Å². The van der Waals surface area contributed by atoms with Gasteiger partial charge in [0.15, 0.2) is 0 Å².